The Morgan fingerprint density at radius 2 is 2.21 bits per heavy atom. The van der Waals surface area contributed by atoms with Gasteiger partial charge in [-0.3, -0.25) is 4.79 Å². The van der Waals surface area contributed by atoms with Crippen molar-refractivity contribution in [2.45, 2.75) is 45.1 Å². The molecule has 0 saturated heterocycles. The van der Waals surface area contributed by atoms with Crippen LogP contribution < -0.4 is 10.2 Å². The summed E-state index contributed by atoms with van der Waals surface area (Å²) in [6.07, 6.45) is 3.66. The highest BCUT2D eigenvalue weighted by Gasteiger charge is 2.46. The van der Waals surface area contributed by atoms with Gasteiger partial charge in [0.2, 0.25) is 0 Å². The van der Waals surface area contributed by atoms with Crippen LogP contribution in [0.4, 0.5) is 0 Å². The van der Waals surface area contributed by atoms with Crippen LogP contribution in [0.2, 0.25) is 0 Å². The van der Waals surface area contributed by atoms with E-state index in [-0.39, 0.29) is 11.4 Å². The predicted molar refractivity (Wildman–Crippen MR) is 76.3 cm³/mol. The molecule has 1 aromatic rings. The van der Waals surface area contributed by atoms with Crippen molar-refractivity contribution in [2.75, 3.05) is 0 Å². The number of fused-ring (bicyclic) bond motifs is 1. The van der Waals surface area contributed by atoms with Crippen LogP contribution in [0.25, 0.3) is 0 Å². The van der Waals surface area contributed by atoms with Crippen LogP contribution in [-0.4, -0.2) is 19.2 Å². The van der Waals surface area contributed by atoms with Crippen molar-refractivity contribution in [3.8, 4) is 5.75 Å². The second-order valence-corrected chi connectivity index (χ2v) is 6.39. The molecule has 1 aromatic carbocycles. The Labute approximate surface area is 115 Å². The normalized spacial score (nSPS) is 29.6. The molecule has 1 spiro atoms. The standard InChI is InChI=1S/C16H19BO2/c1-10(2)11-5-6-16(8-11)9-14(18)13-7-12(17)3-4-15(13)19-16/h3-4,7,10-11H,5-6,8-9H2,1-2H3. The van der Waals surface area contributed by atoms with Crippen LogP contribution in [0.3, 0.4) is 0 Å². The number of benzene rings is 1. The fourth-order valence-electron chi connectivity index (χ4n) is 3.46. The van der Waals surface area contributed by atoms with Crippen LogP contribution in [-0.2, 0) is 0 Å². The molecule has 3 heteroatoms. The molecule has 0 N–H and O–H groups in total. The topological polar surface area (TPSA) is 26.3 Å². The van der Waals surface area contributed by atoms with Crippen LogP contribution >= 0.6 is 0 Å². The highest BCUT2D eigenvalue weighted by molar-refractivity contribution is 6.32. The third-order valence-electron chi connectivity index (χ3n) is 4.66. The van der Waals surface area contributed by atoms with Crippen molar-refractivity contribution in [1.29, 1.82) is 0 Å². The summed E-state index contributed by atoms with van der Waals surface area (Å²) < 4.78 is 6.21. The van der Waals surface area contributed by atoms with Crippen molar-refractivity contribution >= 4 is 19.1 Å². The smallest absolute Gasteiger partial charge is 0.170 e. The average molecular weight is 254 g/mol. The molecule has 1 aliphatic heterocycles. The van der Waals surface area contributed by atoms with Crippen molar-refractivity contribution in [3.63, 3.8) is 0 Å². The average Bonchev–Trinajstić information content (AvgIpc) is 2.74. The van der Waals surface area contributed by atoms with E-state index in [0.717, 1.165) is 25.0 Å². The number of carbonyl (C=O) groups excluding carboxylic acids is 1. The molecule has 1 aliphatic carbocycles. The summed E-state index contributed by atoms with van der Waals surface area (Å²) in [7, 11) is 5.74. The Kier molecular flexibility index (Phi) is 2.96. The summed E-state index contributed by atoms with van der Waals surface area (Å²) in [6, 6.07) is 5.38. The third-order valence-corrected chi connectivity index (χ3v) is 4.66. The van der Waals surface area contributed by atoms with E-state index >= 15 is 0 Å². The Bertz CT molecular complexity index is 523. The Morgan fingerprint density at radius 1 is 1.42 bits per heavy atom. The molecule has 2 radical (unpaired) electrons. The molecule has 1 fully saturated rings. The number of Topliss-reactive ketones (excluding diaryl/α,β-unsaturated/α-hetero) is 1. The molecule has 1 saturated carbocycles. The molecule has 0 bridgehead atoms. The predicted octanol–water partition coefficient (Wildman–Crippen LogP) is 2.64. The van der Waals surface area contributed by atoms with Crippen molar-refractivity contribution < 1.29 is 9.53 Å². The first-order valence-electron chi connectivity index (χ1n) is 7.11. The molecule has 1 heterocycles. The number of carbonyl (C=O) groups is 1. The van der Waals surface area contributed by atoms with Gasteiger partial charge in [-0.2, -0.15) is 0 Å². The first-order chi connectivity index (χ1) is 8.99. The summed E-state index contributed by atoms with van der Waals surface area (Å²) >= 11 is 0. The SMILES string of the molecule is [B]c1ccc2c(c1)C(=O)CC1(CCC(C(C)C)C1)O2. The zero-order valence-electron chi connectivity index (χ0n) is 11.6. The van der Waals surface area contributed by atoms with Gasteiger partial charge < -0.3 is 4.74 Å². The lowest BCUT2D eigenvalue weighted by Crippen LogP contribution is -2.40. The lowest BCUT2D eigenvalue weighted by Gasteiger charge is -2.35. The number of ether oxygens (including phenoxy) is 1. The van der Waals surface area contributed by atoms with Gasteiger partial charge in [0.05, 0.1) is 12.0 Å². The van der Waals surface area contributed by atoms with E-state index in [0.29, 0.717) is 29.3 Å². The Balaban J connectivity index is 1.90. The van der Waals surface area contributed by atoms with Crippen LogP contribution in [0, 0.1) is 11.8 Å². The van der Waals surface area contributed by atoms with Gasteiger partial charge in [-0.1, -0.05) is 31.4 Å². The van der Waals surface area contributed by atoms with E-state index in [2.05, 4.69) is 13.8 Å². The summed E-state index contributed by atoms with van der Waals surface area (Å²) in [6.45, 7) is 4.51. The summed E-state index contributed by atoms with van der Waals surface area (Å²) in [5.41, 5.74) is 1.02. The Morgan fingerprint density at radius 3 is 2.89 bits per heavy atom. The minimum atomic E-state index is -0.255. The fourth-order valence-corrected chi connectivity index (χ4v) is 3.46. The molecule has 0 amide bonds. The number of hydrogen-bond acceptors (Lipinski definition) is 2. The highest BCUT2D eigenvalue weighted by Crippen LogP contribution is 2.46. The van der Waals surface area contributed by atoms with Gasteiger partial charge >= 0.3 is 0 Å². The number of rotatable bonds is 1. The van der Waals surface area contributed by atoms with E-state index in [4.69, 9.17) is 12.6 Å². The van der Waals surface area contributed by atoms with E-state index in [1.165, 1.54) is 0 Å². The van der Waals surface area contributed by atoms with Gasteiger partial charge in [-0.25, -0.2) is 0 Å². The second-order valence-electron chi connectivity index (χ2n) is 6.39. The van der Waals surface area contributed by atoms with E-state index < -0.39 is 0 Å². The summed E-state index contributed by atoms with van der Waals surface area (Å²) in [5.74, 6) is 2.22. The van der Waals surface area contributed by atoms with Gasteiger partial charge in [-0.05, 0) is 37.2 Å². The molecule has 0 aromatic heterocycles. The molecule has 2 unspecified atom stereocenters. The zero-order valence-corrected chi connectivity index (χ0v) is 11.6. The van der Waals surface area contributed by atoms with E-state index in [1.807, 2.05) is 6.07 Å². The maximum absolute atomic E-state index is 12.3. The molecule has 19 heavy (non-hydrogen) atoms. The molecule has 3 rings (SSSR count). The summed E-state index contributed by atoms with van der Waals surface area (Å²) in [4.78, 5) is 12.3. The molecular weight excluding hydrogens is 235 g/mol. The highest BCUT2D eigenvalue weighted by atomic mass is 16.5. The monoisotopic (exact) mass is 254 g/mol. The third kappa shape index (κ3) is 2.20. The minimum absolute atomic E-state index is 0.179. The van der Waals surface area contributed by atoms with E-state index in [9.17, 15) is 4.79 Å². The minimum Gasteiger partial charge on any atom is -0.486 e. The Hall–Kier alpha value is -1.25. The van der Waals surface area contributed by atoms with Crippen molar-refractivity contribution in [2.24, 2.45) is 11.8 Å². The molecule has 98 valence electrons. The maximum atomic E-state index is 12.3. The molecule has 2 aliphatic rings. The van der Waals surface area contributed by atoms with Crippen LogP contribution in [0.5, 0.6) is 5.75 Å². The van der Waals surface area contributed by atoms with Gasteiger partial charge in [-0.15, -0.1) is 0 Å². The quantitative estimate of drug-likeness (QED) is 0.720. The fraction of sp³-hybridized carbons (Fsp3) is 0.562. The molecule has 2 nitrogen and oxygen atoms in total. The van der Waals surface area contributed by atoms with Gasteiger partial charge in [0.15, 0.2) is 5.78 Å². The second kappa shape index (κ2) is 4.40. The first kappa shape index (κ1) is 12.8. The largest absolute Gasteiger partial charge is 0.486 e. The molecule has 2 atom stereocenters. The van der Waals surface area contributed by atoms with Crippen LogP contribution in [0.1, 0.15) is 49.9 Å². The lowest BCUT2D eigenvalue weighted by molar-refractivity contribution is 0.0409. The maximum Gasteiger partial charge on any atom is 0.170 e. The zero-order chi connectivity index (χ0) is 13.6. The van der Waals surface area contributed by atoms with Crippen molar-refractivity contribution in [1.82, 2.24) is 0 Å². The lowest BCUT2D eigenvalue weighted by atomic mass is 9.84. The van der Waals surface area contributed by atoms with Gasteiger partial charge in [0.1, 0.15) is 19.2 Å². The van der Waals surface area contributed by atoms with Gasteiger partial charge in [0, 0.05) is 0 Å². The van der Waals surface area contributed by atoms with Gasteiger partial charge in [0.25, 0.3) is 0 Å². The summed E-state index contributed by atoms with van der Waals surface area (Å²) in [5, 5.41) is 0. The van der Waals surface area contributed by atoms with E-state index in [1.54, 1.807) is 12.1 Å². The number of ketones is 1. The first-order valence-corrected chi connectivity index (χ1v) is 7.11. The van der Waals surface area contributed by atoms with Crippen LogP contribution in [0.15, 0.2) is 18.2 Å². The number of hydrogen-bond donors (Lipinski definition) is 0. The molecular formula is C16H19BO2. The van der Waals surface area contributed by atoms with Crippen molar-refractivity contribution in [3.05, 3.63) is 23.8 Å².